The Morgan fingerprint density at radius 1 is 0.328 bits per heavy atom. The monoisotopic (exact) mass is 849 g/mol. The van der Waals surface area contributed by atoms with Crippen molar-refractivity contribution in [3.05, 3.63) is 85.1 Å². The SMILES string of the molecule is CCCCC/C=C\C/C=C\C/C=C\C/C=C\CCCC(=O)OCC(COC(=O)CCCCCCCCCCC)OC(=O)CCC/C=C\C/C=C\C/C=C\CCCCCCCC. The van der Waals surface area contributed by atoms with Gasteiger partial charge in [0.2, 0.25) is 0 Å². The fourth-order valence-electron chi connectivity index (χ4n) is 6.57. The number of hydrogen-bond donors (Lipinski definition) is 0. The van der Waals surface area contributed by atoms with E-state index in [0.717, 1.165) is 64.2 Å². The number of carbonyl (C=O) groups excluding carboxylic acids is 3. The summed E-state index contributed by atoms with van der Waals surface area (Å²) in [7, 11) is 0. The largest absolute Gasteiger partial charge is 0.462 e. The molecule has 0 saturated carbocycles. The molecular formula is C55H92O6. The van der Waals surface area contributed by atoms with Gasteiger partial charge in [-0.3, -0.25) is 14.4 Å². The molecule has 0 amide bonds. The minimum absolute atomic E-state index is 0.113. The molecule has 0 aliphatic rings. The number of esters is 3. The van der Waals surface area contributed by atoms with Gasteiger partial charge in [-0.15, -0.1) is 0 Å². The lowest BCUT2D eigenvalue weighted by molar-refractivity contribution is -0.167. The predicted octanol–water partition coefficient (Wildman–Crippen LogP) is 16.4. The molecule has 1 unspecified atom stereocenters. The first-order chi connectivity index (χ1) is 30.0. The van der Waals surface area contributed by atoms with E-state index < -0.39 is 6.10 Å². The Labute approximate surface area is 375 Å². The summed E-state index contributed by atoms with van der Waals surface area (Å²) in [4.78, 5) is 37.8. The second-order valence-electron chi connectivity index (χ2n) is 16.4. The van der Waals surface area contributed by atoms with Gasteiger partial charge in [-0.2, -0.15) is 0 Å². The maximum absolute atomic E-state index is 12.7. The molecule has 0 heterocycles. The van der Waals surface area contributed by atoms with Crippen molar-refractivity contribution in [2.75, 3.05) is 13.2 Å². The third kappa shape index (κ3) is 47.5. The number of rotatable bonds is 44. The summed E-state index contributed by atoms with van der Waals surface area (Å²) < 4.78 is 16.6. The first-order valence-corrected chi connectivity index (χ1v) is 25.1. The standard InChI is InChI=1S/C55H92O6/c1-4-7-10-13-16-19-21-23-25-27-29-31-33-36-39-42-45-48-54(57)60-51-52(50-59-53(56)47-44-41-38-35-18-15-12-9-6-3)61-55(58)49-46-43-40-37-34-32-30-28-26-24-22-20-17-14-11-8-5-2/h16,19,23-26,29-32,36-37,39-40,52H,4-15,17-18,20-22,27-28,33-35,38,41-51H2,1-3H3/b19-16-,25-23-,26-24-,31-29-,32-30-,39-36-,40-37-. The smallest absolute Gasteiger partial charge is 0.306 e. The number of allylic oxidation sites excluding steroid dienone is 14. The normalized spacial score (nSPS) is 12.8. The molecule has 0 aromatic carbocycles. The maximum Gasteiger partial charge on any atom is 0.306 e. The summed E-state index contributed by atoms with van der Waals surface area (Å²) in [6.07, 6.45) is 62.9. The minimum atomic E-state index is -0.822. The fraction of sp³-hybridized carbons (Fsp3) is 0.691. The van der Waals surface area contributed by atoms with Crippen LogP contribution in [0, 0.1) is 0 Å². The molecule has 1 atom stereocenters. The van der Waals surface area contributed by atoms with E-state index in [1.807, 2.05) is 0 Å². The molecule has 348 valence electrons. The lowest BCUT2D eigenvalue weighted by atomic mass is 10.1. The zero-order chi connectivity index (χ0) is 44.4. The van der Waals surface area contributed by atoms with E-state index in [2.05, 4.69) is 106 Å². The number of carbonyl (C=O) groups is 3. The molecular weight excluding hydrogens is 757 g/mol. The molecule has 0 aliphatic carbocycles. The lowest BCUT2D eigenvalue weighted by Crippen LogP contribution is -2.30. The molecule has 0 bridgehead atoms. The van der Waals surface area contributed by atoms with Crippen LogP contribution in [0.2, 0.25) is 0 Å². The van der Waals surface area contributed by atoms with Crippen LogP contribution < -0.4 is 0 Å². The van der Waals surface area contributed by atoms with E-state index in [-0.39, 0.29) is 44.0 Å². The van der Waals surface area contributed by atoms with Crippen LogP contribution in [0.25, 0.3) is 0 Å². The average Bonchev–Trinajstić information content (AvgIpc) is 3.26. The Hall–Kier alpha value is -3.41. The second kappa shape index (κ2) is 49.2. The second-order valence-corrected chi connectivity index (χ2v) is 16.4. The Morgan fingerprint density at radius 2 is 0.607 bits per heavy atom. The van der Waals surface area contributed by atoms with Gasteiger partial charge in [-0.1, -0.05) is 202 Å². The zero-order valence-electron chi connectivity index (χ0n) is 39.7. The van der Waals surface area contributed by atoms with E-state index in [4.69, 9.17) is 14.2 Å². The van der Waals surface area contributed by atoms with Crippen molar-refractivity contribution in [3.63, 3.8) is 0 Å². The summed E-state index contributed by atoms with van der Waals surface area (Å²) in [5.74, 6) is -1.03. The molecule has 6 nitrogen and oxygen atoms in total. The van der Waals surface area contributed by atoms with E-state index >= 15 is 0 Å². The third-order valence-electron chi connectivity index (χ3n) is 10.4. The van der Waals surface area contributed by atoms with Crippen LogP contribution in [0.1, 0.15) is 226 Å². The van der Waals surface area contributed by atoms with Crippen molar-refractivity contribution in [2.45, 2.75) is 232 Å². The van der Waals surface area contributed by atoms with Crippen molar-refractivity contribution >= 4 is 17.9 Å². The minimum Gasteiger partial charge on any atom is -0.462 e. The Morgan fingerprint density at radius 3 is 1.02 bits per heavy atom. The first kappa shape index (κ1) is 57.6. The van der Waals surface area contributed by atoms with Gasteiger partial charge in [-0.25, -0.2) is 0 Å². The highest BCUT2D eigenvalue weighted by Crippen LogP contribution is 2.12. The van der Waals surface area contributed by atoms with Crippen molar-refractivity contribution in [1.29, 1.82) is 0 Å². The van der Waals surface area contributed by atoms with Crippen molar-refractivity contribution in [2.24, 2.45) is 0 Å². The number of hydrogen-bond acceptors (Lipinski definition) is 6. The van der Waals surface area contributed by atoms with Crippen LogP contribution in [0.5, 0.6) is 0 Å². The quantitative estimate of drug-likeness (QED) is 0.0263. The van der Waals surface area contributed by atoms with Gasteiger partial charge in [0.15, 0.2) is 6.10 Å². The van der Waals surface area contributed by atoms with Crippen LogP contribution in [0.3, 0.4) is 0 Å². The van der Waals surface area contributed by atoms with E-state index in [0.29, 0.717) is 19.3 Å². The maximum atomic E-state index is 12.7. The van der Waals surface area contributed by atoms with Gasteiger partial charge in [0.05, 0.1) is 0 Å². The highest BCUT2D eigenvalue weighted by molar-refractivity contribution is 5.71. The van der Waals surface area contributed by atoms with Gasteiger partial charge in [-0.05, 0) is 89.9 Å². The highest BCUT2D eigenvalue weighted by Gasteiger charge is 2.19. The Bertz CT molecular complexity index is 1200. The van der Waals surface area contributed by atoms with Crippen LogP contribution in [-0.2, 0) is 28.6 Å². The molecule has 0 radical (unpaired) electrons. The van der Waals surface area contributed by atoms with Crippen LogP contribution in [-0.4, -0.2) is 37.2 Å². The van der Waals surface area contributed by atoms with Gasteiger partial charge in [0, 0.05) is 19.3 Å². The fourth-order valence-corrected chi connectivity index (χ4v) is 6.57. The topological polar surface area (TPSA) is 78.9 Å². The molecule has 0 aromatic rings. The van der Waals surface area contributed by atoms with E-state index in [1.165, 1.54) is 109 Å². The Kier molecular flexibility index (Phi) is 46.5. The number of unbranched alkanes of at least 4 members (excludes halogenated alkanes) is 19. The summed E-state index contributed by atoms with van der Waals surface area (Å²) in [6, 6.07) is 0. The molecule has 0 spiro atoms. The summed E-state index contributed by atoms with van der Waals surface area (Å²) >= 11 is 0. The molecule has 0 aromatic heterocycles. The molecule has 0 fully saturated rings. The van der Waals surface area contributed by atoms with E-state index in [1.54, 1.807) is 0 Å². The zero-order valence-corrected chi connectivity index (χ0v) is 39.7. The van der Waals surface area contributed by atoms with Gasteiger partial charge in [0.25, 0.3) is 0 Å². The summed E-state index contributed by atoms with van der Waals surface area (Å²) in [5, 5.41) is 0. The first-order valence-electron chi connectivity index (χ1n) is 25.1. The van der Waals surface area contributed by atoms with Crippen molar-refractivity contribution in [3.8, 4) is 0 Å². The van der Waals surface area contributed by atoms with Crippen molar-refractivity contribution < 1.29 is 28.6 Å². The average molecular weight is 849 g/mol. The molecule has 0 aliphatic heterocycles. The molecule has 6 heteroatoms. The van der Waals surface area contributed by atoms with E-state index in [9.17, 15) is 14.4 Å². The highest BCUT2D eigenvalue weighted by atomic mass is 16.6. The lowest BCUT2D eigenvalue weighted by Gasteiger charge is -2.18. The van der Waals surface area contributed by atoms with Gasteiger partial charge < -0.3 is 14.2 Å². The third-order valence-corrected chi connectivity index (χ3v) is 10.4. The van der Waals surface area contributed by atoms with Crippen LogP contribution >= 0.6 is 0 Å². The van der Waals surface area contributed by atoms with Crippen LogP contribution in [0.15, 0.2) is 85.1 Å². The Balaban J connectivity index is 4.52. The van der Waals surface area contributed by atoms with Crippen molar-refractivity contribution in [1.82, 2.24) is 0 Å². The molecule has 0 rings (SSSR count). The number of ether oxygens (including phenoxy) is 3. The molecule has 0 N–H and O–H groups in total. The van der Waals surface area contributed by atoms with Gasteiger partial charge in [0.1, 0.15) is 13.2 Å². The molecule has 61 heavy (non-hydrogen) atoms. The predicted molar refractivity (Wildman–Crippen MR) is 261 cm³/mol. The summed E-state index contributed by atoms with van der Waals surface area (Å²) in [6.45, 7) is 6.48. The van der Waals surface area contributed by atoms with Crippen LogP contribution in [0.4, 0.5) is 0 Å². The summed E-state index contributed by atoms with van der Waals surface area (Å²) in [5.41, 5.74) is 0. The molecule has 0 saturated heterocycles. The van der Waals surface area contributed by atoms with Gasteiger partial charge >= 0.3 is 17.9 Å².